The van der Waals surface area contributed by atoms with Gasteiger partial charge in [0.2, 0.25) is 11.8 Å². The van der Waals surface area contributed by atoms with Crippen LogP contribution in [0.25, 0.3) is 0 Å². The second-order valence-electron chi connectivity index (χ2n) is 6.42. The van der Waals surface area contributed by atoms with Crippen molar-refractivity contribution in [3.63, 3.8) is 0 Å². The topological polar surface area (TPSA) is 49.4 Å². The second kappa shape index (κ2) is 10.4. The van der Waals surface area contributed by atoms with Crippen LogP contribution in [-0.2, 0) is 21.9 Å². The Morgan fingerprint density at radius 2 is 1.85 bits per heavy atom. The van der Waals surface area contributed by atoms with Gasteiger partial charge in [-0.15, -0.1) is 11.8 Å². The van der Waals surface area contributed by atoms with Gasteiger partial charge in [0.25, 0.3) is 0 Å². The molecule has 2 aromatic carbocycles. The Labute approximate surface area is 170 Å². The van der Waals surface area contributed by atoms with E-state index in [2.05, 4.69) is 30.4 Å². The molecular formula is C21H25ClN2O2S. The van der Waals surface area contributed by atoms with Crippen molar-refractivity contribution < 1.29 is 9.59 Å². The normalized spacial score (nSPS) is 11.7. The number of benzene rings is 2. The molecule has 1 atom stereocenters. The quantitative estimate of drug-likeness (QED) is 0.722. The molecule has 2 aromatic rings. The molecule has 0 bridgehead atoms. The first-order valence-electron chi connectivity index (χ1n) is 8.79. The molecule has 0 aliphatic rings. The summed E-state index contributed by atoms with van der Waals surface area (Å²) < 4.78 is 0. The minimum atomic E-state index is -0.555. The van der Waals surface area contributed by atoms with E-state index in [4.69, 9.17) is 11.6 Å². The fourth-order valence-electron chi connectivity index (χ4n) is 2.76. The number of carbonyl (C=O) groups is 2. The highest BCUT2D eigenvalue weighted by Gasteiger charge is 2.25. The highest BCUT2D eigenvalue weighted by atomic mass is 35.5. The monoisotopic (exact) mass is 404 g/mol. The summed E-state index contributed by atoms with van der Waals surface area (Å²) >= 11 is 7.61. The fourth-order valence-corrected chi connectivity index (χ4v) is 3.84. The minimum absolute atomic E-state index is 0.0660. The van der Waals surface area contributed by atoms with E-state index in [0.29, 0.717) is 17.3 Å². The van der Waals surface area contributed by atoms with Crippen molar-refractivity contribution in [1.82, 2.24) is 10.2 Å². The van der Waals surface area contributed by atoms with E-state index in [1.54, 1.807) is 36.7 Å². The number of nitrogens with zero attached hydrogens (tertiary/aromatic N) is 1. The molecule has 4 nitrogen and oxygen atoms in total. The zero-order valence-electron chi connectivity index (χ0n) is 15.9. The summed E-state index contributed by atoms with van der Waals surface area (Å²) in [6.07, 6.45) is 0. The van der Waals surface area contributed by atoms with Gasteiger partial charge in [-0.1, -0.05) is 53.6 Å². The van der Waals surface area contributed by atoms with Gasteiger partial charge in [0.05, 0.1) is 5.75 Å². The maximum Gasteiger partial charge on any atom is 0.242 e. The van der Waals surface area contributed by atoms with Crippen molar-refractivity contribution in [3.8, 4) is 0 Å². The lowest BCUT2D eigenvalue weighted by atomic mass is 10.1. The lowest BCUT2D eigenvalue weighted by Gasteiger charge is -2.28. The number of hydrogen-bond acceptors (Lipinski definition) is 3. The fraction of sp³-hybridized carbons (Fsp3) is 0.333. The third-order valence-corrected chi connectivity index (χ3v) is 5.46. The van der Waals surface area contributed by atoms with Crippen LogP contribution >= 0.6 is 23.4 Å². The summed E-state index contributed by atoms with van der Waals surface area (Å²) in [4.78, 5) is 26.6. The minimum Gasteiger partial charge on any atom is -0.357 e. The summed E-state index contributed by atoms with van der Waals surface area (Å²) in [5.74, 6) is 0.820. The van der Waals surface area contributed by atoms with E-state index in [0.717, 1.165) is 11.3 Å². The third kappa shape index (κ3) is 6.60. The molecule has 2 amide bonds. The van der Waals surface area contributed by atoms with Gasteiger partial charge in [-0.2, -0.15) is 0 Å². The van der Waals surface area contributed by atoms with Crippen molar-refractivity contribution in [1.29, 1.82) is 0 Å². The van der Waals surface area contributed by atoms with Gasteiger partial charge in [0.1, 0.15) is 6.04 Å². The molecular weight excluding hydrogens is 380 g/mol. The van der Waals surface area contributed by atoms with Gasteiger partial charge in [0.15, 0.2) is 0 Å². The van der Waals surface area contributed by atoms with Crippen LogP contribution in [-0.4, -0.2) is 35.6 Å². The Balaban J connectivity index is 2.04. The first-order chi connectivity index (χ1) is 12.9. The molecule has 0 heterocycles. The highest BCUT2D eigenvalue weighted by molar-refractivity contribution is 7.99. The number of aryl methyl sites for hydroxylation is 1. The molecule has 0 saturated carbocycles. The van der Waals surface area contributed by atoms with Gasteiger partial charge in [-0.3, -0.25) is 9.59 Å². The second-order valence-corrected chi connectivity index (χ2v) is 7.85. The standard InChI is InChI=1S/C21H25ClN2O2S/c1-15-6-4-8-18(10-15)13-27-14-20(25)24(16(2)21(26)23-3)12-17-7-5-9-19(22)11-17/h4-11,16H,12-14H2,1-3H3,(H,23,26)/t16-/m0/s1. The Bertz CT molecular complexity index is 797. The van der Waals surface area contributed by atoms with Gasteiger partial charge in [0, 0.05) is 24.4 Å². The number of amides is 2. The van der Waals surface area contributed by atoms with E-state index in [1.807, 2.05) is 24.3 Å². The van der Waals surface area contributed by atoms with Gasteiger partial charge < -0.3 is 10.2 Å². The molecule has 0 fully saturated rings. The van der Waals surface area contributed by atoms with Crippen molar-refractivity contribution in [2.24, 2.45) is 0 Å². The van der Waals surface area contributed by atoms with E-state index in [-0.39, 0.29) is 11.8 Å². The molecule has 6 heteroatoms. The smallest absolute Gasteiger partial charge is 0.242 e. The van der Waals surface area contributed by atoms with Gasteiger partial charge in [-0.05, 0) is 37.1 Å². The molecule has 0 aliphatic carbocycles. The molecule has 0 spiro atoms. The number of thioether (sulfide) groups is 1. The molecule has 144 valence electrons. The van der Waals surface area contributed by atoms with Crippen LogP contribution in [0.1, 0.15) is 23.6 Å². The number of halogens is 1. The van der Waals surface area contributed by atoms with Crippen LogP contribution in [0.5, 0.6) is 0 Å². The Kier molecular flexibility index (Phi) is 8.20. The van der Waals surface area contributed by atoms with E-state index < -0.39 is 6.04 Å². The molecule has 0 unspecified atom stereocenters. The summed E-state index contributed by atoms with van der Waals surface area (Å²) in [5, 5.41) is 3.23. The summed E-state index contributed by atoms with van der Waals surface area (Å²) in [5.41, 5.74) is 3.29. The SMILES string of the molecule is CNC(=O)[C@H](C)N(Cc1cccc(Cl)c1)C(=O)CSCc1cccc(C)c1. The predicted molar refractivity (Wildman–Crippen MR) is 113 cm³/mol. The molecule has 2 rings (SSSR count). The van der Waals surface area contributed by atoms with E-state index >= 15 is 0 Å². The van der Waals surface area contributed by atoms with E-state index in [9.17, 15) is 9.59 Å². The zero-order valence-corrected chi connectivity index (χ0v) is 17.4. The lowest BCUT2D eigenvalue weighted by molar-refractivity contribution is -0.138. The number of nitrogens with one attached hydrogen (secondary N) is 1. The maximum atomic E-state index is 12.8. The first-order valence-corrected chi connectivity index (χ1v) is 10.3. The zero-order chi connectivity index (χ0) is 19.8. The van der Waals surface area contributed by atoms with Gasteiger partial charge in [-0.25, -0.2) is 0 Å². The molecule has 0 saturated heterocycles. The Morgan fingerprint density at radius 3 is 2.52 bits per heavy atom. The average Bonchev–Trinajstić information content (AvgIpc) is 2.65. The maximum absolute atomic E-state index is 12.8. The average molecular weight is 405 g/mol. The van der Waals surface area contributed by atoms with Crippen LogP contribution in [0.3, 0.4) is 0 Å². The highest BCUT2D eigenvalue weighted by Crippen LogP contribution is 2.18. The number of hydrogen-bond donors (Lipinski definition) is 1. The predicted octanol–water partition coefficient (Wildman–Crippen LogP) is 4.04. The van der Waals surface area contributed by atoms with Crippen LogP contribution in [0.2, 0.25) is 5.02 Å². The molecule has 0 aliphatic heterocycles. The van der Waals surface area contributed by atoms with Crippen LogP contribution < -0.4 is 5.32 Å². The van der Waals surface area contributed by atoms with Crippen LogP contribution in [0.4, 0.5) is 0 Å². The van der Waals surface area contributed by atoms with E-state index in [1.165, 1.54) is 11.1 Å². The van der Waals surface area contributed by atoms with Crippen molar-refractivity contribution >= 4 is 35.2 Å². The van der Waals surface area contributed by atoms with Crippen molar-refractivity contribution in [2.45, 2.75) is 32.2 Å². The lowest BCUT2D eigenvalue weighted by Crippen LogP contribution is -2.47. The summed E-state index contributed by atoms with van der Waals surface area (Å²) in [7, 11) is 1.58. The van der Waals surface area contributed by atoms with Crippen LogP contribution in [0, 0.1) is 6.92 Å². The van der Waals surface area contributed by atoms with Crippen molar-refractivity contribution in [2.75, 3.05) is 12.8 Å². The number of likely N-dealkylation sites (N-methyl/N-ethyl adjacent to an activating group) is 1. The largest absolute Gasteiger partial charge is 0.357 e. The molecule has 27 heavy (non-hydrogen) atoms. The van der Waals surface area contributed by atoms with Crippen LogP contribution in [0.15, 0.2) is 48.5 Å². The third-order valence-electron chi connectivity index (χ3n) is 4.23. The number of carbonyl (C=O) groups excluding carboxylic acids is 2. The molecule has 1 N–H and O–H groups in total. The molecule has 0 radical (unpaired) electrons. The first kappa shape index (κ1) is 21.3. The Hall–Kier alpha value is -1.98. The molecule has 0 aromatic heterocycles. The summed E-state index contributed by atoms with van der Waals surface area (Å²) in [6.45, 7) is 4.14. The Morgan fingerprint density at radius 1 is 1.15 bits per heavy atom. The van der Waals surface area contributed by atoms with Gasteiger partial charge >= 0.3 is 0 Å². The summed E-state index contributed by atoms with van der Waals surface area (Å²) in [6, 6.07) is 15.1. The van der Waals surface area contributed by atoms with Crippen molar-refractivity contribution in [3.05, 3.63) is 70.2 Å². The number of rotatable bonds is 8.